The van der Waals surface area contributed by atoms with E-state index in [4.69, 9.17) is 11.5 Å². The molecule has 2 aromatic carbocycles. The number of aromatic amines is 1. The molecule has 0 bridgehead atoms. The van der Waals surface area contributed by atoms with Gasteiger partial charge in [0.05, 0.1) is 6.04 Å². The third-order valence-corrected chi connectivity index (χ3v) is 7.58. The Morgan fingerprint density at radius 1 is 0.977 bits per heavy atom. The van der Waals surface area contributed by atoms with Gasteiger partial charge in [-0.3, -0.25) is 19.2 Å². The third-order valence-electron chi connectivity index (χ3n) is 7.58. The van der Waals surface area contributed by atoms with E-state index in [1.807, 2.05) is 24.3 Å². The highest BCUT2D eigenvalue weighted by Crippen LogP contribution is 2.22. The number of aromatic nitrogens is 1. The standard InChI is InChI=1S/C30H36N6O7/c31-21(11-12-26(32)38)27(39)34-23(15-18-16-33-22-5-2-1-4-20(18)22)28(40)35-24(14-17-7-9-19(37)10-8-17)29(41)36-13-3-6-25(36)30(42)43/h1-2,4-5,7-10,16,21,23-25,33,37H,3,6,11-15,31H2,(H2,32,38)(H,34,39)(H,35,40)(H,42,43). The van der Waals surface area contributed by atoms with Crippen molar-refractivity contribution in [3.05, 3.63) is 65.9 Å². The van der Waals surface area contributed by atoms with Crippen LogP contribution in [0.3, 0.4) is 0 Å². The number of para-hydroxylation sites is 1. The Kier molecular flexibility index (Phi) is 9.99. The molecule has 4 rings (SSSR count). The molecule has 1 aliphatic rings. The van der Waals surface area contributed by atoms with Crippen molar-refractivity contribution in [2.45, 2.75) is 62.7 Å². The zero-order valence-electron chi connectivity index (χ0n) is 23.5. The average molecular weight is 593 g/mol. The molecular formula is C30H36N6O7. The number of phenolic OH excluding ortho intramolecular Hbond substituents is 1. The maximum Gasteiger partial charge on any atom is 0.326 e. The highest BCUT2D eigenvalue weighted by molar-refractivity contribution is 5.95. The second-order valence-electron chi connectivity index (χ2n) is 10.7. The maximum atomic E-state index is 13.8. The Balaban J connectivity index is 1.61. The van der Waals surface area contributed by atoms with E-state index in [-0.39, 0.29) is 38.0 Å². The first-order valence-electron chi connectivity index (χ1n) is 14.0. The lowest BCUT2D eigenvalue weighted by molar-refractivity contribution is -0.149. The number of carbonyl (C=O) groups is 5. The lowest BCUT2D eigenvalue weighted by atomic mass is 10.0. The van der Waals surface area contributed by atoms with Crippen LogP contribution < -0.4 is 22.1 Å². The van der Waals surface area contributed by atoms with E-state index >= 15 is 0 Å². The lowest BCUT2D eigenvalue weighted by Gasteiger charge is -2.29. The molecule has 1 saturated heterocycles. The van der Waals surface area contributed by atoms with Gasteiger partial charge in [-0.15, -0.1) is 0 Å². The number of rotatable bonds is 13. The van der Waals surface area contributed by atoms with Crippen LogP contribution in [-0.4, -0.2) is 80.4 Å². The van der Waals surface area contributed by atoms with Crippen molar-refractivity contribution in [1.82, 2.24) is 20.5 Å². The van der Waals surface area contributed by atoms with Gasteiger partial charge in [0.2, 0.25) is 23.6 Å². The summed E-state index contributed by atoms with van der Waals surface area (Å²) in [5.41, 5.74) is 13.3. The summed E-state index contributed by atoms with van der Waals surface area (Å²) in [6.07, 6.45) is 2.46. The number of H-pyrrole nitrogens is 1. The molecule has 43 heavy (non-hydrogen) atoms. The van der Waals surface area contributed by atoms with Crippen molar-refractivity contribution in [3.8, 4) is 5.75 Å². The summed E-state index contributed by atoms with van der Waals surface area (Å²) in [5, 5.41) is 25.6. The Morgan fingerprint density at radius 2 is 1.67 bits per heavy atom. The number of phenols is 1. The van der Waals surface area contributed by atoms with Crippen molar-refractivity contribution in [2.75, 3.05) is 6.54 Å². The van der Waals surface area contributed by atoms with Crippen molar-refractivity contribution in [3.63, 3.8) is 0 Å². The minimum Gasteiger partial charge on any atom is -0.508 e. The number of fused-ring (bicyclic) bond motifs is 1. The first kappa shape index (κ1) is 31.0. The number of nitrogens with zero attached hydrogens (tertiary/aromatic N) is 1. The Hall–Kier alpha value is -4.91. The summed E-state index contributed by atoms with van der Waals surface area (Å²) in [4.78, 5) is 68.0. The average Bonchev–Trinajstić information content (AvgIpc) is 3.64. The predicted molar refractivity (Wildman–Crippen MR) is 156 cm³/mol. The molecule has 3 aromatic rings. The molecular weight excluding hydrogens is 556 g/mol. The quantitative estimate of drug-likeness (QED) is 0.146. The fraction of sp³-hybridized carbons (Fsp3) is 0.367. The third kappa shape index (κ3) is 7.89. The van der Waals surface area contributed by atoms with Crippen molar-refractivity contribution < 1.29 is 34.2 Å². The molecule has 1 fully saturated rings. The van der Waals surface area contributed by atoms with E-state index in [0.717, 1.165) is 16.5 Å². The minimum atomic E-state index is -1.17. The SMILES string of the molecule is NC(=O)CCC(N)C(=O)NC(Cc1c[nH]c2ccccc12)C(=O)NC(Cc1ccc(O)cc1)C(=O)N1CCCC1C(=O)O. The van der Waals surface area contributed by atoms with Crippen LogP contribution in [0.5, 0.6) is 5.75 Å². The van der Waals surface area contributed by atoms with E-state index in [1.54, 1.807) is 18.3 Å². The number of hydrogen-bond donors (Lipinski definition) is 7. The van der Waals surface area contributed by atoms with Crippen LogP contribution in [0.1, 0.15) is 36.8 Å². The lowest BCUT2D eigenvalue weighted by Crippen LogP contribution is -2.58. The molecule has 4 unspecified atom stereocenters. The second-order valence-corrected chi connectivity index (χ2v) is 10.7. The van der Waals surface area contributed by atoms with Crippen molar-refractivity contribution in [1.29, 1.82) is 0 Å². The molecule has 13 nitrogen and oxygen atoms in total. The van der Waals surface area contributed by atoms with Crippen LogP contribution in [0.15, 0.2) is 54.7 Å². The van der Waals surface area contributed by atoms with Gasteiger partial charge in [0, 0.05) is 42.9 Å². The topological polar surface area (TPSA) is 221 Å². The summed E-state index contributed by atoms with van der Waals surface area (Å²) in [7, 11) is 0. The fourth-order valence-electron chi connectivity index (χ4n) is 5.26. The number of carbonyl (C=O) groups excluding carboxylic acids is 4. The first-order chi connectivity index (χ1) is 20.5. The van der Waals surface area contributed by atoms with E-state index in [0.29, 0.717) is 18.4 Å². The van der Waals surface area contributed by atoms with Gasteiger partial charge < -0.3 is 42.2 Å². The number of primary amides is 1. The van der Waals surface area contributed by atoms with Gasteiger partial charge in [-0.1, -0.05) is 30.3 Å². The summed E-state index contributed by atoms with van der Waals surface area (Å²) in [5.74, 6) is -3.64. The maximum absolute atomic E-state index is 13.8. The molecule has 1 aromatic heterocycles. The molecule has 0 saturated carbocycles. The Bertz CT molecular complexity index is 1490. The Labute approximate surface area is 247 Å². The minimum absolute atomic E-state index is 0.0135. The van der Waals surface area contributed by atoms with E-state index in [2.05, 4.69) is 15.6 Å². The molecule has 9 N–H and O–H groups in total. The van der Waals surface area contributed by atoms with Crippen LogP contribution in [0.2, 0.25) is 0 Å². The molecule has 4 atom stereocenters. The van der Waals surface area contributed by atoms with Gasteiger partial charge in [0.15, 0.2) is 0 Å². The molecule has 1 aliphatic heterocycles. The molecule has 0 radical (unpaired) electrons. The number of benzene rings is 2. The molecule has 4 amide bonds. The van der Waals surface area contributed by atoms with Gasteiger partial charge in [0.1, 0.15) is 23.9 Å². The van der Waals surface area contributed by atoms with Crippen LogP contribution in [-0.2, 0) is 36.8 Å². The summed E-state index contributed by atoms with van der Waals surface area (Å²) < 4.78 is 0. The summed E-state index contributed by atoms with van der Waals surface area (Å²) in [6, 6.07) is 9.07. The zero-order valence-corrected chi connectivity index (χ0v) is 23.5. The number of aliphatic carboxylic acids is 1. The monoisotopic (exact) mass is 592 g/mol. The number of nitrogens with two attached hydrogens (primary N) is 2. The Morgan fingerprint density at radius 3 is 2.37 bits per heavy atom. The number of likely N-dealkylation sites (tertiary alicyclic amines) is 1. The van der Waals surface area contributed by atoms with Crippen LogP contribution >= 0.6 is 0 Å². The number of amides is 4. The number of carboxylic acids is 1. The largest absolute Gasteiger partial charge is 0.508 e. The van der Waals surface area contributed by atoms with Crippen molar-refractivity contribution in [2.24, 2.45) is 11.5 Å². The van der Waals surface area contributed by atoms with Crippen molar-refractivity contribution >= 4 is 40.5 Å². The van der Waals surface area contributed by atoms with E-state index in [9.17, 15) is 34.2 Å². The number of nitrogens with one attached hydrogen (secondary N) is 3. The summed E-state index contributed by atoms with van der Waals surface area (Å²) >= 11 is 0. The number of carboxylic acid groups (broad SMARTS) is 1. The zero-order chi connectivity index (χ0) is 31.1. The van der Waals surface area contributed by atoms with E-state index < -0.39 is 53.8 Å². The molecule has 0 spiro atoms. The molecule has 0 aliphatic carbocycles. The number of hydrogen-bond acceptors (Lipinski definition) is 7. The predicted octanol–water partition coefficient (Wildman–Crippen LogP) is 0.297. The molecule has 228 valence electrons. The highest BCUT2D eigenvalue weighted by Gasteiger charge is 2.38. The normalized spacial score (nSPS) is 16.8. The first-order valence-corrected chi connectivity index (χ1v) is 14.0. The van der Waals surface area contributed by atoms with E-state index in [1.165, 1.54) is 17.0 Å². The summed E-state index contributed by atoms with van der Waals surface area (Å²) in [6.45, 7) is 0.224. The van der Waals surface area contributed by atoms with Gasteiger partial charge in [-0.2, -0.15) is 0 Å². The van der Waals surface area contributed by atoms with Crippen LogP contribution in [0, 0.1) is 0 Å². The van der Waals surface area contributed by atoms with Gasteiger partial charge >= 0.3 is 5.97 Å². The van der Waals surface area contributed by atoms with Crippen LogP contribution in [0.4, 0.5) is 0 Å². The fourth-order valence-corrected chi connectivity index (χ4v) is 5.26. The van der Waals surface area contributed by atoms with Gasteiger partial charge in [-0.05, 0) is 48.6 Å². The van der Waals surface area contributed by atoms with Gasteiger partial charge in [0.25, 0.3) is 0 Å². The number of aromatic hydroxyl groups is 1. The van der Waals surface area contributed by atoms with Gasteiger partial charge in [-0.25, -0.2) is 4.79 Å². The molecule has 13 heteroatoms. The van der Waals surface area contributed by atoms with Crippen LogP contribution in [0.25, 0.3) is 10.9 Å². The smallest absolute Gasteiger partial charge is 0.326 e. The molecule has 2 heterocycles. The highest BCUT2D eigenvalue weighted by atomic mass is 16.4. The second kappa shape index (κ2) is 13.8.